The molecule has 0 aromatic rings. The zero-order valence-corrected chi connectivity index (χ0v) is 14.5. The Labute approximate surface area is 128 Å². The van der Waals surface area contributed by atoms with E-state index >= 15 is 0 Å². The van der Waals surface area contributed by atoms with Crippen molar-refractivity contribution in [3.05, 3.63) is 0 Å². The summed E-state index contributed by atoms with van der Waals surface area (Å²) >= 11 is 0. The predicted molar refractivity (Wildman–Crippen MR) is 82.6 cm³/mol. The highest BCUT2D eigenvalue weighted by atomic mass is 32.2. The van der Waals surface area contributed by atoms with E-state index < -0.39 is 20.9 Å². The second kappa shape index (κ2) is 6.96. The van der Waals surface area contributed by atoms with Gasteiger partial charge in [0.1, 0.15) is 5.60 Å². The Bertz CT molecular complexity index is 446. The van der Waals surface area contributed by atoms with Gasteiger partial charge < -0.3 is 9.64 Å². The number of rotatable bonds is 4. The number of hydrogen-bond acceptors (Lipinski definition) is 4. The van der Waals surface area contributed by atoms with Crippen molar-refractivity contribution in [2.75, 3.05) is 19.6 Å². The largest absolute Gasteiger partial charge is 0.444 e. The topological polar surface area (TPSA) is 75.7 Å². The van der Waals surface area contributed by atoms with Gasteiger partial charge in [0.05, 0.1) is 5.25 Å². The van der Waals surface area contributed by atoms with Crippen LogP contribution in [0, 0.1) is 5.92 Å². The molecule has 1 rings (SSSR count). The van der Waals surface area contributed by atoms with Gasteiger partial charge >= 0.3 is 6.09 Å². The quantitative estimate of drug-likeness (QED) is 0.859. The first-order valence-electron chi connectivity index (χ1n) is 7.47. The number of carbonyl (C=O) groups excluding carboxylic acids is 1. The number of nitrogens with one attached hydrogen (secondary N) is 1. The zero-order valence-electron chi connectivity index (χ0n) is 13.7. The second-order valence-electron chi connectivity index (χ2n) is 6.85. The van der Waals surface area contributed by atoms with Gasteiger partial charge in [-0.3, -0.25) is 0 Å². The number of carbonyl (C=O) groups is 1. The average Bonchev–Trinajstić information content (AvgIpc) is 2.35. The van der Waals surface area contributed by atoms with Crippen LogP contribution < -0.4 is 4.72 Å². The monoisotopic (exact) mass is 320 g/mol. The number of ether oxygens (including phenoxy) is 1. The standard InChI is InChI=1S/C14H28N2O4S/c1-11(2)21(18,19)15-10-12-6-8-16(9-7-12)13(17)20-14(3,4)5/h11-12,15H,6-10H2,1-5H3. The molecule has 0 aromatic carbocycles. The van der Waals surface area contributed by atoms with Crippen LogP contribution in [0.25, 0.3) is 0 Å². The number of amides is 1. The summed E-state index contributed by atoms with van der Waals surface area (Å²) in [5.74, 6) is 0.275. The molecule has 21 heavy (non-hydrogen) atoms. The minimum Gasteiger partial charge on any atom is -0.444 e. The van der Waals surface area contributed by atoms with Crippen molar-refractivity contribution in [1.29, 1.82) is 0 Å². The van der Waals surface area contributed by atoms with Gasteiger partial charge in [-0.1, -0.05) is 0 Å². The molecule has 0 bridgehead atoms. The van der Waals surface area contributed by atoms with Crippen LogP contribution in [0.15, 0.2) is 0 Å². The molecule has 1 amide bonds. The van der Waals surface area contributed by atoms with E-state index in [2.05, 4.69) is 4.72 Å². The maximum atomic E-state index is 11.9. The summed E-state index contributed by atoms with van der Waals surface area (Å²) in [5.41, 5.74) is -0.485. The van der Waals surface area contributed by atoms with Gasteiger partial charge in [-0.25, -0.2) is 17.9 Å². The van der Waals surface area contributed by atoms with Gasteiger partial charge in [0.25, 0.3) is 0 Å². The third-order valence-electron chi connectivity index (χ3n) is 3.46. The first-order chi connectivity index (χ1) is 9.51. The van der Waals surface area contributed by atoms with E-state index in [0.717, 1.165) is 12.8 Å². The average molecular weight is 320 g/mol. The van der Waals surface area contributed by atoms with E-state index in [-0.39, 0.29) is 12.0 Å². The molecular formula is C14H28N2O4S. The first-order valence-corrected chi connectivity index (χ1v) is 9.02. The zero-order chi connectivity index (χ0) is 16.3. The van der Waals surface area contributed by atoms with Crippen LogP contribution in [0.1, 0.15) is 47.5 Å². The molecule has 0 aliphatic carbocycles. The number of piperidine rings is 1. The lowest BCUT2D eigenvalue weighted by Gasteiger charge is -2.33. The predicted octanol–water partition coefficient (Wildman–Crippen LogP) is 1.96. The molecule has 1 fully saturated rings. The molecule has 7 heteroatoms. The molecule has 1 aliphatic rings. The highest BCUT2D eigenvalue weighted by Gasteiger charge is 2.27. The molecule has 1 N–H and O–H groups in total. The summed E-state index contributed by atoms with van der Waals surface area (Å²) in [7, 11) is -3.21. The van der Waals surface area contributed by atoms with E-state index in [4.69, 9.17) is 4.74 Å². The Morgan fingerprint density at radius 2 is 1.81 bits per heavy atom. The minimum atomic E-state index is -3.21. The minimum absolute atomic E-state index is 0.275. The molecule has 0 aromatic heterocycles. The lowest BCUT2D eigenvalue weighted by atomic mass is 9.97. The van der Waals surface area contributed by atoms with Crippen molar-refractivity contribution in [3.63, 3.8) is 0 Å². The number of hydrogen-bond donors (Lipinski definition) is 1. The Morgan fingerprint density at radius 1 is 1.29 bits per heavy atom. The summed E-state index contributed by atoms with van der Waals surface area (Å²) in [5, 5.41) is -0.417. The van der Waals surface area contributed by atoms with E-state index in [1.54, 1.807) is 18.7 Å². The van der Waals surface area contributed by atoms with E-state index in [1.165, 1.54) is 0 Å². The SMILES string of the molecule is CC(C)S(=O)(=O)NCC1CCN(C(=O)OC(C)(C)C)CC1. The first kappa shape index (κ1) is 18.2. The number of nitrogens with zero attached hydrogens (tertiary/aromatic N) is 1. The molecule has 1 heterocycles. The summed E-state index contributed by atoms with van der Waals surface area (Å²) < 4.78 is 31.4. The summed E-state index contributed by atoms with van der Waals surface area (Å²) in [4.78, 5) is 13.6. The van der Waals surface area contributed by atoms with Gasteiger partial charge in [0.2, 0.25) is 10.0 Å². The van der Waals surface area contributed by atoms with Gasteiger partial charge in [-0.05, 0) is 53.4 Å². The Balaban J connectivity index is 2.38. The molecule has 6 nitrogen and oxygen atoms in total. The van der Waals surface area contributed by atoms with Crippen molar-refractivity contribution in [3.8, 4) is 0 Å². The van der Waals surface area contributed by atoms with Crippen LogP contribution in [-0.2, 0) is 14.8 Å². The van der Waals surface area contributed by atoms with Crippen LogP contribution in [0.4, 0.5) is 4.79 Å². The van der Waals surface area contributed by atoms with Gasteiger partial charge in [0, 0.05) is 19.6 Å². The molecule has 1 saturated heterocycles. The number of likely N-dealkylation sites (tertiary alicyclic amines) is 1. The van der Waals surface area contributed by atoms with E-state index in [9.17, 15) is 13.2 Å². The molecule has 124 valence electrons. The van der Waals surface area contributed by atoms with Crippen molar-refractivity contribution < 1.29 is 17.9 Å². The van der Waals surface area contributed by atoms with Crippen LogP contribution in [0.2, 0.25) is 0 Å². The highest BCUT2D eigenvalue weighted by molar-refractivity contribution is 7.90. The maximum absolute atomic E-state index is 11.9. The molecular weight excluding hydrogens is 292 g/mol. The molecule has 0 unspecified atom stereocenters. The van der Waals surface area contributed by atoms with Crippen LogP contribution in [-0.4, -0.2) is 49.9 Å². The van der Waals surface area contributed by atoms with Crippen molar-refractivity contribution in [2.45, 2.75) is 58.3 Å². The third kappa shape index (κ3) is 6.22. The lowest BCUT2D eigenvalue weighted by Crippen LogP contribution is -2.44. The molecule has 0 saturated carbocycles. The molecule has 0 radical (unpaired) electrons. The normalized spacial score (nSPS) is 18.1. The molecule has 0 spiro atoms. The van der Waals surface area contributed by atoms with Crippen molar-refractivity contribution in [1.82, 2.24) is 9.62 Å². The van der Waals surface area contributed by atoms with Crippen LogP contribution in [0.3, 0.4) is 0 Å². The lowest BCUT2D eigenvalue weighted by molar-refractivity contribution is 0.0185. The van der Waals surface area contributed by atoms with Crippen LogP contribution >= 0.6 is 0 Å². The van der Waals surface area contributed by atoms with E-state index in [1.807, 2.05) is 20.8 Å². The fourth-order valence-corrected chi connectivity index (χ4v) is 2.85. The summed E-state index contributed by atoms with van der Waals surface area (Å²) in [6.07, 6.45) is 1.29. The summed E-state index contributed by atoms with van der Waals surface area (Å²) in [6, 6.07) is 0. The Morgan fingerprint density at radius 3 is 2.24 bits per heavy atom. The van der Waals surface area contributed by atoms with Gasteiger partial charge in [-0.2, -0.15) is 0 Å². The third-order valence-corrected chi connectivity index (χ3v) is 5.27. The van der Waals surface area contributed by atoms with Crippen molar-refractivity contribution >= 4 is 16.1 Å². The maximum Gasteiger partial charge on any atom is 0.410 e. The molecule has 1 aliphatic heterocycles. The number of sulfonamides is 1. The summed E-state index contributed by atoms with van der Waals surface area (Å²) in [6.45, 7) is 10.5. The second-order valence-corrected chi connectivity index (χ2v) is 9.17. The Kier molecular flexibility index (Phi) is 6.04. The smallest absolute Gasteiger partial charge is 0.410 e. The van der Waals surface area contributed by atoms with Crippen LogP contribution in [0.5, 0.6) is 0 Å². The van der Waals surface area contributed by atoms with Crippen molar-refractivity contribution in [2.24, 2.45) is 5.92 Å². The Hall–Kier alpha value is -0.820. The molecule has 0 atom stereocenters. The van der Waals surface area contributed by atoms with E-state index in [0.29, 0.717) is 19.6 Å². The van der Waals surface area contributed by atoms with Gasteiger partial charge in [0.15, 0.2) is 0 Å². The fraction of sp³-hybridized carbons (Fsp3) is 0.929. The van der Waals surface area contributed by atoms with Gasteiger partial charge in [-0.15, -0.1) is 0 Å². The highest BCUT2D eigenvalue weighted by Crippen LogP contribution is 2.19. The fourth-order valence-electron chi connectivity index (χ4n) is 2.05.